The predicted octanol–water partition coefficient (Wildman–Crippen LogP) is 5.12. The number of benzene rings is 2. The van der Waals surface area contributed by atoms with Crippen LogP contribution in [-0.4, -0.2) is 21.2 Å². The Kier molecular flexibility index (Phi) is 6.10. The highest BCUT2D eigenvalue weighted by Crippen LogP contribution is 2.29. The van der Waals surface area contributed by atoms with Crippen LogP contribution in [0.1, 0.15) is 29.0 Å². The number of rotatable bonds is 6. The topological polar surface area (TPSA) is 64.0 Å². The number of carbonyl (C=O) groups excluding carboxylic acids is 1. The minimum absolute atomic E-state index is 0.0968. The smallest absolute Gasteiger partial charge is 0.325 e. The van der Waals surface area contributed by atoms with Crippen LogP contribution < -0.4 is 11.0 Å². The van der Waals surface area contributed by atoms with Crippen LogP contribution in [0, 0.1) is 0 Å². The third-order valence-electron chi connectivity index (χ3n) is 5.75. The molecule has 162 valence electrons. The van der Waals surface area contributed by atoms with E-state index < -0.39 is 0 Å². The quantitative estimate of drug-likeness (QED) is 0.320. The van der Waals surface area contributed by atoms with E-state index in [1.807, 2.05) is 64.5 Å². The molecule has 0 radical (unpaired) electrons. The lowest BCUT2D eigenvalue weighted by atomic mass is 9.97. The summed E-state index contributed by atoms with van der Waals surface area (Å²) in [6, 6.07) is 17.9. The van der Waals surface area contributed by atoms with Crippen LogP contribution in [0.4, 0.5) is 5.69 Å². The maximum Gasteiger partial charge on any atom is 0.349 e. The lowest BCUT2D eigenvalue weighted by Crippen LogP contribution is -2.30. The molecule has 0 unspecified atom stereocenters. The van der Waals surface area contributed by atoms with Gasteiger partial charge in [-0.15, -0.1) is 11.3 Å². The minimum atomic E-state index is -0.226. The number of thioether (sulfide) groups is 1. The van der Waals surface area contributed by atoms with E-state index in [4.69, 9.17) is 0 Å². The highest BCUT2D eigenvalue weighted by molar-refractivity contribution is 8.00. The van der Waals surface area contributed by atoms with Crippen molar-refractivity contribution >= 4 is 45.5 Å². The summed E-state index contributed by atoms with van der Waals surface area (Å²) in [6.45, 7) is 0.568. The van der Waals surface area contributed by atoms with Crippen LogP contribution in [0.2, 0.25) is 0 Å². The molecular weight excluding hydrogens is 438 g/mol. The van der Waals surface area contributed by atoms with Crippen LogP contribution >= 0.6 is 23.1 Å². The van der Waals surface area contributed by atoms with Crippen molar-refractivity contribution in [1.82, 2.24) is 9.55 Å². The Hall–Kier alpha value is -2.90. The maximum absolute atomic E-state index is 12.9. The molecule has 0 saturated carbocycles. The second kappa shape index (κ2) is 9.30. The minimum Gasteiger partial charge on any atom is -0.325 e. The number of hydrogen-bond donors (Lipinski definition) is 1. The summed E-state index contributed by atoms with van der Waals surface area (Å²) in [4.78, 5) is 31.1. The van der Waals surface area contributed by atoms with Gasteiger partial charge >= 0.3 is 5.69 Å². The number of hydrogen-bond acceptors (Lipinski definition) is 5. The normalized spacial score (nSPS) is 13.1. The molecule has 0 saturated heterocycles. The van der Waals surface area contributed by atoms with Crippen molar-refractivity contribution in [2.75, 3.05) is 11.1 Å². The first-order chi connectivity index (χ1) is 15.7. The Morgan fingerprint density at radius 2 is 1.91 bits per heavy atom. The maximum atomic E-state index is 12.9. The monoisotopic (exact) mass is 461 g/mol. The Bertz CT molecular complexity index is 1320. The fourth-order valence-electron chi connectivity index (χ4n) is 4.24. The standard InChI is InChI=1S/C25H23N3O2S2/c29-23(26-21-12-5-8-17-7-1-2-10-19(17)21)16-32-24-20-11-3-4-13-22(20)28(25(30)27-24)15-18-9-6-14-31-18/h1-2,5-10,12,14H,3-4,11,13,15-16H2,(H,26,29). The number of nitrogens with one attached hydrogen (secondary N) is 1. The van der Waals surface area contributed by atoms with Gasteiger partial charge in [0.15, 0.2) is 0 Å². The molecule has 0 atom stereocenters. The summed E-state index contributed by atoms with van der Waals surface area (Å²) in [5.41, 5.74) is 2.79. The predicted molar refractivity (Wildman–Crippen MR) is 132 cm³/mol. The largest absolute Gasteiger partial charge is 0.349 e. The third kappa shape index (κ3) is 4.36. The lowest BCUT2D eigenvalue weighted by Gasteiger charge is -2.22. The van der Waals surface area contributed by atoms with Crippen LogP contribution in [-0.2, 0) is 24.2 Å². The molecular formula is C25H23N3O2S2. The van der Waals surface area contributed by atoms with E-state index in [0.29, 0.717) is 11.6 Å². The molecule has 32 heavy (non-hydrogen) atoms. The summed E-state index contributed by atoms with van der Waals surface area (Å²) < 4.78 is 1.82. The lowest BCUT2D eigenvalue weighted by molar-refractivity contribution is -0.113. The van der Waals surface area contributed by atoms with Gasteiger partial charge in [0, 0.05) is 27.2 Å². The average Bonchev–Trinajstić information content (AvgIpc) is 3.33. The molecule has 0 aliphatic heterocycles. The average molecular weight is 462 g/mol. The van der Waals surface area contributed by atoms with E-state index in [0.717, 1.165) is 58.3 Å². The van der Waals surface area contributed by atoms with E-state index in [9.17, 15) is 9.59 Å². The first kappa shape index (κ1) is 21.0. The summed E-state index contributed by atoms with van der Waals surface area (Å²) in [6.07, 6.45) is 3.95. The van der Waals surface area contributed by atoms with Gasteiger partial charge in [-0.1, -0.05) is 54.2 Å². The second-order valence-corrected chi connectivity index (χ2v) is 9.86. The number of aromatic nitrogens is 2. The van der Waals surface area contributed by atoms with Crippen molar-refractivity contribution < 1.29 is 4.79 Å². The molecule has 0 bridgehead atoms. The molecule has 0 spiro atoms. The molecule has 1 aliphatic carbocycles. The first-order valence-electron chi connectivity index (χ1n) is 10.7. The summed E-state index contributed by atoms with van der Waals surface area (Å²) in [5.74, 6) is 0.123. The van der Waals surface area contributed by atoms with Crippen molar-refractivity contribution in [2.24, 2.45) is 0 Å². The van der Waals surface area contributed by atoms with Gasteiger partial charge in [-0.05, 0) is 48.6 Å². The van der Waals surface area contributed by atoms with Crippen LogP contribution in [0.5, 0.6) is 0 Å². The van der Waals surface area contributed by atoms with Gasteiger partial charge < -0.3 is 5.32 Å². The van der Waals surface area contributed by atoms with Crippen molar-refractivity contribution in [3.63, 3.8) is 0 Å². The fraction of sp³-hybridized carbons (Fsp3) is 0.240. The third-order valence-corrected chi connectivity index (χ3v) is 7.63. The summed E-state index contributed by atoms with van der Waals surface area (Å²) in [7, 11) is 0. The van der Waals surface area contributed by atoms with Gasteiger partial charge in [0.25, 0.3) is 0 Å². The van der Waals surface area contributed by atoms with Gasteiger partial charge in [-0.3, -0.25) is 9.36 Å². The van der Waals surface area contributed by atoms with E-state index in [-0.39, 0.29) is 17.3 Å². The zero-order valence-corrected chi connectivity index (χ0v) is 19.2. The van der Waals surface area contributed by atoms with E-state index >= 15 is 0 Å². The molecule has 2 aromatic carbocycles. The zero-order valence-electron chi connectivity index (χ0n) is 17.5. The molecule has 5 rings (SSSR count). The fourth-order valence-corrected chi connectivity index (χ4v) is 5.81. The SMILES string of the molecule is O=C(CSc1nc(=O)n(Cc2cccs2)c2c1CCCC2)Nc1cccc2ccccc12. The molecule has 1 aliphatic rings. The number of amides is 1. The molecule has 7 heteroatoms. The van der Waals surface area contributed by atoms with Crippen molar-refractivity contribution in [2.45, 2.75) is 37.3 Å². The number of nitrogens with zero attached hydrogens (tertiary/aromatic N) is 2. The van der Waals surface area contributed by atoms with E-state index in [2.05, 4.69) is 10.3 Å². The van der Waals surface area contributed by atoms with E-state index in [1.54, 1.807) is 11.3 Å². The highest BCUT2D eigenvalue weighted by Gasteiger charge is 2.21. The number of fused-ring (bicyclic) bond motifs is 2. The van der Waals surface area contributed by atoms with Crippen molar-refractivity contribution in [3.8, 4) is 0 Å². The summed E-state index contributed by atoms with van der Waals surface area (Å²) >= 11 is 3.02. The Morgan fingerprint density at radius 3 is 2.78 bits per heavy atom. The highest BCUT2D eigenvalue weighted by atomic mass is 32.2. The van der Waals surface area contributed by atoms with Gasteiger partial charge in [-0.2, -0.15) is 4.98 Å². The van der Waals surface area contributed by atoms with Crippen molar-refractivity contribution in [1.29, 1.82) is 0 Å². The van der Waals surface area contributed by atoms with Gasteiger partial charge in [0.2, 0.25) is 5.91 Å². The molecule has 1 N–H and O–H groups in total. The Morgan fingerprint density at radius 1 is 1.06 bits per heavy atom. The first-order valence-corrected chi connectivity index (χ1v) is 12.6. The van der Waals surface area contributed by atoms with Crippen LogP contribution in [0.15, 0.2) is 69.8 Å². The number of anilines is 1. The van der Waals surface area contributed by atoms with E-state index in [1.165, 1.54) is 11.8 Å². The molecule has 2 aromatic heterocycles. The molecule has 4 aromatic rings. The zero-order chi connectivity index (χ0) is 21.9. The molecule has 2 heterocycles. The van der Waals surface area contributed by atoms with Crippen LogP contribution in [0.25, 0.3) is 10.8 Å². The molecule has 0 fully saturated rings. The van der Waals surface area contributed by atoms with Crippen molar-refractivity contribution in [3.05, 3.63) is 86.6 Å². The Labute approximate surface area is 194 Å². The summed E-state index contributed by atoms with van der Waals surface area (Å²) in [5, 5.41) is 7.86. The van der Waals surface area contributed by atoms with Gasteiger partial charge in [0.05, 0.1) is 12.3 Å². The Balaban J connectivity index is 1.35. The molecule has 1 amide bonds. The number of thiophene rings is 1. The molecule has 5 nitrogen and oxygen atoms in total. The van der Waals surface area contributed by atoms with Crippen LogP contribution in [0.3, 0.4) is 0 Å². The second-order valence-electron chi connectivity index (χ2n) is 7.86. The van der Waals surface area contributed by atoms with Gasteiger partial charge in [-0.25, -0.2) is 4.79 Å². The number of carbonyl (C=O) groups is 1. The van der Waals surface area contributed by atoms with Gasteiger partial charge in [0.1, 0.15) is 5.03 Å².